The number of hydrogen-bond acceptors (Lipinski definition) is 6. The average molecular weight is 511 g/mol. The van der Waals surface area contributed by atoms with Gasteiger partial charge in [-0.2, -0.15) is 0 Å². The van der Waals surface area contributed by atoms with Crippen molar-refractivity contribution in [2.75, 3.05) is 26.2 Å². The molecule has 182 valence electrons. The van der Waals surface area contributed by atoms with Crippen LogP contribution in [0.1, 0.15) is 28.8 Å². The number of aryl methyl sites for hydroxylation is 1. The van der Waals surface area contributed by atoms with E-state index in [1.165, 1.54) is 10.5 Å². The van der Waals surface area contributed by atoms with Gasteiger partial charge in [0.1, 0.15) is 6.04 Å². The standard InChI is InChI=1S/C26H27ClN4O3S/c1-15-9-16(27)10-21(20(15)11-17-13-28-6-8-34-17)19-4-5-29-22-12-18(35-24(19)22)14-31-25(32)23-3-2-7-30(23)26(31)33/h4-5,9-10,12,17,23,28H,2-3,6-8,11,13-14H2,1H3. The molecule has 0 spiro atoms. The van der Waals surface area contributed by atoms with Crippen LogP contribution < -0.4 is 5.32 Å². The number of benzene rings is 1. The number of thiophene rings is 1. The minimum atomic E-state index is -0.279. The van der Waals surface area contributed by atoms with Crippen LogP contribution in [0.2, 0.25) is 5.02 Å². The SMILES string of the molecule is Cc1cc(Cl)cc(-c2ccnc3cc(CN4C(=O)C5CCCN5C4=O)sc23)c1CC1CNCCO1. The van der Waals surface area contributed by atoms with Crippen LogP contribution in [0.25, 0.3) is 21.3 Å². The maximum absolute atomic E-state index is 12.8. The summed E-state index contributed by atoms with van der Waals surface area (Å²) < 4.78 is 7.03. The van der Waals surface area contributed by atoms with Gasteiger partial charge in [-0.25, -0.2) is 4.79 Å². The fraction of sp³-hybridized carbons (Fsp3) is 0.423. The molecule has 0 bridgehead atoms. The van der Waals surface area contributed by atoms with Gasteiger partial charge in [-0.05, 0) is 60.7 Å². The first kappa shape index (κ1) is 22.9. The Kier molecular flexibility index (Phi) is 6.00. The van der Waals surface area contributed by atoms with E-state index in [9.17, 15) is 9.59 Å². The van der Waals surface area contributed by atoms with E-state index in [2.05, 4.69) is 17.2 Å². The molecule has 1 aromatic carbocycles. The van der Waals surface area contributed by atoms with Crippen LogP contribution in [0.4, 0.5) is 4.79 Å². The van der Waals surface area contributed by atoms with Crippen LogP contribution in [0.3, 0.4) is 0 Å². The number of hydrogen-bond donors (Lipinski definition) is 1. The number of carbonyl (C=O) groups is 2. The molecule has 3 aliphatic heterocycles. The number of aromatic nitrogens is 1. The molecule has 2 atom stereocenters. The molecule has 35 heavy (non-hydrogen) atoms. The molecule has 5 heterocycles. The minimum absolute atomic E-state index is 0.0769. The van der Waals surface area contributed by atoms with Crippen molar-refractivity contribution >= 4 is 45.1 Å². The Bertz CT molecular complexity index is 1300. The van der Waals surface area contributed by atoms with Crippen LogP contribution in [0.5, 0.6) is 0 Å². The highest BCUT2D eigenvalue weighted by molar-refractivity contribution is 7.19. The summed E-state index contributed by atoms with van der Waals surface area (Å²) in [6, 6.07) is 7.61. The van der Waals surface area contributed by atoms with E-state index in [1.54, 1.807) is 16.2 Å². The third-order valence-corrected chi connectivity index (χ3v) is 8.58. The third kappa shape index (κ3) is 4.12. The highest BCUT2D eigenvalue weighted by Crippen LogP contribution is 2.39. The van der Waals surface area contributed by atoms with Crippen LogP contribution in [0, 0.1) is 6.92 Å². The van der Waals surface area contributed by atoms with E-state index in [0.717, 1.165) is 64.1 Å². The number of carbonyl (C=O) groups excluding carboxylic acids is 2. The van der Waals surface area contributed by atoms with Gasteiger partial charge in [-0.1, -0.05) is 11.6 Å². The molecule has 6 rings (SSSR count). The number of rotatable bonds is 5. The first-order valence-electron chi connectivity index (χ1n) is 12.1. The highest BCUT2D eigenvalue weighted by Gasteiger charge is 2.47. The van der Waals surface area contributed by atoms with E-state index < -0.39 is 0 Å². The molecule has 3 fully saturated rings. The highest BCUT2D eigenvalue weighted by atomic mass is 35.5. The number of fused-ring (bicyclic) bond motifs is 2. The monoisotopic (exact) mass is 510 g/mol. The summed E-state index contributed by atoms with van der Waals surface area (Å²) in [6.45, 7) is 5.47. The van der Waals surface area contributed by atoms with Gasteiger partial charge in [0.25, 0.3) is 5.91 Å². The van der Waals surface area contributed by atoms with Crippen LogP contribution in [-0.2, 0) is 22.5 Å². The van der Waals surface area contributed by atoms with Crippen molar-refractivity contribution in [1.29, 1.82) is 0 Å². The Labute approximate surface area is 213 Å². The van der Waals surface area contributed by atoms with Crippen molar-refractivity contribution in [3.63, 3.8) is 0 Å². The minimum Gasteiger partial charge on any atom is -0.375 e. The van der Waals surface area contributed by atoms with Crippen molar-refractivity contribution < 1.29 is 14.3 Å². The van der Waals surface area contributed by atoms with Crippen molar-refractivity contribution in [3.8, 4) is 11.1 Å². The van der Waals surface area contributed by atoms with Crippen molar-refractivity contribution in [2.24, 2.45) is 0 Å². The number of nitrogens with one attached hydrogen (secondary N) is 1. The summed E-state index contributed by atoms with van der Waals surface area (Å²) in [6.07, 6.45) is 4.38. The van der Waals surface area contributed by atoms with Gasteiger partial charge in [0, 0.05) is 47.7 Å². The first-order chi connectivity index (χ1) is 17.0. The zero-order valence-corrected chi connectivity index (χ0v) is 21.1. The summed E-state index contributed by atoms with van der Waals surface area (Å²) >= 11 is 8.11. The zero-order valence-electron chi connectivity index (χ0n) is 19.6. The molecule has 2 aromatic heterocycles. The van der Waals surface area contributed by atoms with E-state index in [-0.39, 0.29) is 30.6 Å². The lowest BCUT2D eigenvalue weighted by Gasteiger charge is -2.25. The molecule has 3 aromatic rings. The number of imide groups is 1. The Morgan fingerprint density at radius 3 is 2.94 bits per heavy atom. The normalized spacial score (nSPS) is 22.5. The molecule has 7 nitrogen and oxygen atoms in total. The lowest BCUT2D eigenvalue weighted by Crippen LogP contribution is -2.39. The molecule has 0 saturated carbocycles. The Hall–Kier alpha value is -2.52. The predicted octanol–water partition coefficient (Wildman–Crippen LogP) is 4.38. The Balaban J connectivity index is 1.36. The lowest BCUT2D eigenvalue weighted by atomic mass is 9.92. The molecule has 9 heteroatoms. The number of nitrogens with zero attached hydrogens (tertiary/aromatic N) is 3. The van der Waals surface area contributed by atoms with Gasteiger partial charge in [0.15, 0.2) is 0 Å². The van der Waals surface area contributed by atoms with E-state index in [1.807, 2.05) is 30.5 Å². The fourth-order valence-corrected chi connectivity index (χ4v) is 6.93. The number of urea groups is 1. The first-order valence-corrected chi connectivity index (χ1v) is 13.3. The van der Waals surface area contributed by atoms with Crippen molar-refractivity contribution in [1.82, 2.24) is 20.1 Å². The van der Waals surface area contributed by atoms with Gasteiger partial charge in [0.05, 0.1) is 29.5 Å². The quantitative estimate of drug-likeness (QED) is 0.515. The van der Waals surface area contributed by atoms with Gasteiger partial charge in [-0.3, -0.25) is 14.7 Å². The second kappa shape index (κ2) is 9.17. The summed E-state index contributed by atoms with van der Waals surface area (Å²) in [5.74, 6) is -0.0769. The molecule has 0 radical (unpaired) electrons. The topological polar surface area (TPSA) is 74.8 Å². The maximum Gasteiger partial charge on any atom is 0.327 e. The van der Waals surface area contributed by atoms with Gasteiger partial charge in [-0.15, -0.1) is 11.3 Å². The molecule has 1 N–H and O–H groups in total. The fourth-order valence-electron chi connectivity index (χ4n) is 5.52. The molecule has 2 unspecified atom stereocenters. The van der Waals surface area contributed by atoms with Crippen molar-refractivity contribution in [3.05, 3.63) is 51.5 Å². The summed E-state index contributed by atoms with van der Waals surface area (Å²) in [5.41, 5.74) is 5.36. The molecular formula is C26H27ClN4O3S. The number of morpholine rings is 1. The number of amides is 3. The molecular weight excluding hydrogens is 484 g/mol. The third-order valence-electron chi connectivity index (χ3n) is 7.22. The molecule has 3 amide bonds. The number of ether oxygens (including phenoxy) is 1. The van der Waals surface area contributed by atoms with E-state index >= 15 is 0 Å². The number of pyridine rings is 1. The second-order valence-electron chi connectivity index (χ2n) is 9.49. The van der Waals surface area contributed by atoms with Gasteiger partial charge in [0.2, 0.25) is 0 Å². The number of halogens is 1. The lowest BCUT2D eigenvalue weighted by molar-refractivity contribution is -0.128. The second-order valence-corrected chi connectivity index (χ2v) is 11.1. The summed E-state index contributed by atoms with van der Waals surface area (Å²) in [4.78, 5) is 34.3. The Morgan fingerprint density at radius 1 is 1.26 bits per heavy atom. The van der Waals surface area contributed by atoms with Crippen LogP contribution >= 0.6 is 22.9 Å². The van der Waals surface area contributed by atoms with Crippen LogP contribution in [-0.4, -0.2) is 65.1 Å². The van der Waals surface area contributed by atoms with E-state index in [4.69, 9.17) is 16.3 Å². The van der Waals surface area contributed by atoms with Crippen molar-refractivity contribution in [2.45, 2.75) is 44.9 Å². The maximum atomic E-state index is 12.8. The molecule has 0 aliphatic carbocycles. The van der Waals surface area contributed by atoms with E-state index in [0.29, 0.717) is 18.2 Å². The molecule has 3 aliphatic rings. The predicted molar refractivity (Wildman–Crippen MR) is 137 cm³/mol. The average Bonchev–Trinajstić information content (AvgIpc) is 3.55. The summed E-state index contributed by atoms with van der Waals surface area (Å²) in [7, 11) is 0. The van der Waals surface area contributed by atoms with Gasteiger partial charge < -0.3 is 15.0 Å². The zero-order chi connectivity index (χ0) is 24.1. The molecule has 3 saturated heterocycles. The smallest absolute Gasteiger partial charge is 0.327 e. The van der Waals surface area contributed by atoms with Crippen LogP contribution in [0.15, 0.2) is 30.5 Å². The van der Waals surface area contributed by atoms with Gasteiger partial charge >= 0.3 is 6.03 Å². The Morgan fingerprint density at radius 2 is 2.14 bits per heavy atom. The largest absolute Gasteiger partial charge is 0.375 e. The summed E-state index contributed by atoms with van der Waals surface area (Å²) in [5, 5.41) is 4.11.